The topological polar surface area (TPSA) is 86.8 Å². The van der Waals surface area contributed by atoms with Gasteiger partial charge in [-0.3, -0.25) is 13.9 Å². The average Bonchev–Trinajstić information content (AvgIpc) is 2.95. The summed E-state index contributed by atoms with van der Waals surface area (Å²) in [7, 11) is -3.95. The predicted molar refractivity (Wildman–Crippen MR) is 157 cm³/mol. The van der Waals surface area contributed by atoms with Crippen LogP contribution in [0.15, 0.2) is 84.9 Å². The van der Waals surface area contributed by atoms with E-state index in [9.17, 15) is 31.2 Å². The summed E-state index contributed by atoms with van der Waals surface area (Å²) >= 11 is 0. The molecule has 1 N–H and O–H groups in total. The molecule has 226 valence electrons. The smallest absolute Gasteiger partial charge is 0.354 e. The molecule has 0 aliphatic rings. The zero-order chi connectivity index (χ0) is 30.8. The Bertz CT molecular complexity index is 1420. The Balaban J connectivity index is 1.86. The molecule has 0 heterocycles. The van der Waals surface area contributed by atoms with Gasteiger partial charge in [-0.15, -0.1) is 0 Å². The van der Waals surface area contributed by atoms with Gasteiger partial charge in [0.2, 0.25) is 21.8 Å². The lowest BCUT2D eigenvalue weighted by Crippen LogP contribution is -2.50. The van der Waals surface area contributed by atoms with Crippen molar-refractivity contribution in [1.82, 2.24) is 10.2 Å². The largest absolute Gasteiger partial charge is 0.416 e. The third-order valence-corrected chi connectivity index (χ3v) is 7.82. The fourth-order valence-electron chi connectivity index (χ4n) is 4.54. The standard InChI is InChI=1S/C31H36F3N3O4S/c1-3-19-35-30(39)28(21-24-12-6-4-7-13-24)36(23-25-14-8-5-9-15-25)29(38)18-11-20-37(42(2,40)41)27-17-10-16-26(22-27)31(32,33)34/h4-10,12-17,22,28H,3,11,18-21,23H2,1-2H3,(H,35,39). The van der Waals surface area contributed by atoms with Crippen LogP contribution in [0.1, 0.15) is 42.9 Å². The fraction of sp³-hybridized carbons (Fsp3) is 0.355. The van der Waals surface area contributed by atoms with E-state index in [2.05, 4.69) is 5.32 Å². The van der Waals surface area contributed by atoms with Gasteiger partial charge in [-0.2, -0.15) is 13.2 Å². The van der Waals surface area contributed by atoms with Gasteiger partial charge < -0.3 is 10.2 Å². The first-order chi connectivity index (χ1) is 19.9. The SMILES string of the molecule is CCCNC(=O)C(Cc1ccccc1)N(Cc1ccccc1)C(=O)CCCN(c1cccc(C(F)(F)F)c1)S(C)(=O)=O. The summed E-state index contributed by atoms with van der Waals surface area (Å²) in [5.41, 5.74) is 0.573. The minimum atomic E-state index is -4.64. The Morgan fingerprint density at radius 2 is 1.52 bits per heavy atom. The molecular formula is C31H36F3N3O4S. The molecule has 11 heteroatoms. The van der Waals surface area contributed by atoms with E-state index in [4.69, 9.17) is 0 Å². The highest BCUT2D eigenvalue weighted by molar-refractivity contribution is 7.92. The number of hydrogen-bond donors (Lipinski definition) is 1. The summed E-state index contributed by atoms with van der Waals surface area (Å²) < 4.78 is 65.8. The number of carbonyl (C=O) groups is 2. The zero-order valence-corrected chi connectivity index (χ0v) is 24.5. The van der Waals surface area contributed by atoms with Crippen molar-refractivity contribution in [2.75, 3.05) is 23.7 Å². The van der Waals surface area contributed by atoms with Gasteiger partial charge in [-0.25, -0.2) is 8.42 Å². The van der Waals surface area contributed by atoms with E-state index in [0.717, 1.165) is 39.9 Å². The Morgan fingerprint density at radius 1 is 0.905 bits per heavy atom. The molecule has 0 spiro atoms. The lowest BCUT2D eigenvalue weighted by Gasteiger charge is -2.32. The number of rotatable bonds is 14. The van der Waals surface area contributed by atoms with Crippen LogP contribution in [0.25, 0.3) is 0 Å². The van der Waals surface area contributed by atoms with Crippen molar-refractivity contribution in [2.45, 2.75) is 51.4 Å². The van der Waals surface area contributed by atoms with E-state index < -0.39 is 27.8 Å². The molecule has 0 aliphatic carbocycles. The maximum absolute atomic E-state index is 13.7. The zero-order valence-electron chi connectivity index (χ0n) is 23.7. The first-order valence-electron chi connectivity index (χ1n) is 13.7. The van der Waals surface area contributed by atoms with Crippen molar-refractivity contribution in [1.29, 1.82) is 0 Å². The van der Waals surface area contributed by atoms with Gasteiger partial charge in [0.1, 0.15) is 6.04 Å². The maximum atomic E-state index is 13.7. The lowest BCUT2D eigenvalue weighted by molar-refractivity contribution is -0.141. The van der Waals surface area contributed by atoms with E-state index in [1.807, 2.05) is 67.6 Å². The highest BCUT2D eigenvalue weighted by atomic mass is 32.2. The molecule has 0 saturated heterocycles. The van der Waals surface area contributed by atoms with Crippen LogP contribution < -0.4 is 9.62 Å². The third kappa shape index (κ3) is 9.61. The fourth-order valence-corrected chi connectivity index (χ4v) is 5.50. The van der Waals surface area contributed by atoms with Gasteiger partial charge in [-0.05, 0) is 42.2 Å². The number of nitrogens with one attached hydrogen (secondary N) is 1. The number of carbonyl (C=O) groups excluding carboxylic acids is 2. The van der Waals surface area contributed by atoms with E-state index in [-0.39, 0.29) is 49.9 Å². The number of benzene rings is 3. The number of nitrogens with zero attached hydrogens (tertiary/aromatic N) is 2. The van der Waals surface area contributed by atoms with Crippen LogP contribution in [0.2, 0.25) is 0 Å². The van der Waals surface area contributed by atoms with Crippen LogP contribution in [-0.4, -0.2) is 50.5 Å². The quantitative estimate of drug-likeness (QED) is 0.267. The van der Waals surface area contributed by atoms with Crippen LogP contribution >= 0.6 is 0 Å². The van der Waals surface area contributed by atoms with Gasteiger partial charge >= 0.3 is 6.18 Å². The van der Waals surface area contributed by atoms with Crippen LogP contribution in [0.4, 0.5) is 18.9 Å². The normalized spacial score (nSPS) is 12.4. The van der Waals surface area contributed by atoms with Gasteiger partial charge in [0.15, 0.2) is 0 Å². The molecule has 42 heavy (non-hydrogen) atoms. The molecule has 0 radical (unpaired) electrons. The van der Waals surface area contributed by atoms with Gasteiger partial charge in [0.25, 0.3) is 0 Å². The summed E-state index contributed by atoms with van der Waals surface area (Å²) in [6.07, 6.45) is -2.84. The number of anilines is 1. The summed E-state index contributed by atoms with van der Waals surface area (Å²) in [5.74, 6) is -0.671. The molecular weight excluding hydrogens is 567 g/mol. The molecule has 3 aromatic rings. The second-order valence-corrected chi connectivity index (χ2v) is 11.9. The summed E-state index contributed by atoms with van der Waals surface area (Å²) in [4.78, 5) is 28.6. The molecule has 0 bridgehead atoms. The molecule has 0 aliphatic heterocycles. The van der Waals surface area contributed by atoms with Crippen LogP contribution in [-0.2, 0) is 38.8 Å². The molecule has 1 atom stereocenters. The Hall–Kier alpha value is -3.86. The molecule has 3 aromatic carbocycles. The Morgan fingerprint density at radius 3 is 2.10 bits per heavy atom. The number of alkyl halides is 3. The van der Waals surface area contributed by atoms with Crippen molar-refractivity contribution < 1.29 is 31.2 Å². The average molecular weight is 604 g/mol. The van der Waals surface area contributed by atoms with Crippen molar-refractivity contribution >= 4 is 27.5 Å². The monoisotopic (exact) mass is 603 g/mol. The minimum Gasteiger partial charge on any atom is -0.354 e. The van der Waals surface area contributed by atoms with Gasteiger partial charge in [0.05, 0.1) is 17.5 Å². The summed E-state index contributed by atoms with van der Waals surface area (Å²) in [6.45, 7) is 2.31. The summed E-state index contributed by atoms with van der Waals surface area (Å²) in [5, 5.41) is 2.89. The molecule has 7 nitrogen and oxygen atoms in total. The minimum absolute atomic E-state index is 0.0298. The third-order valence-electron chi connectivity index (χ3n) is 6.63. The van der Waals surface area contributed by atoms with Crippen LogP contribution in [0.3, 0.4) is 0 Å². The van der Waals surface area contributed by atoms with Crippen molar-refractivity contribution in [2.24, 2.45) is 0 Å². The molecule has 1 unspecified atom stereocenters. The second kappa shape index (κ2) is 14.9. The van der Waals surface area contributed by atoms with Crippen molar-refractivity contribution in [3.05, 3.63) is 102 Å². The van der Waals surface area contributed by atoms with E-state index in [0.29, 0.717) is 13.0 Å². The van der Waals surface area contributed by atoms with Crippen LogP contribution in [0, 0.1) is 0 Å². The van der Waals surface area contributed by atoms with Gasteiger partial charge in [-0.1, -0.05) is 73.7 Å². The molecule has 0 saturated carbocycles. The van der Waals surface area contributed by atoms with E-state index in [1.54, 1.807) is 0 Å². The lowest BCUT2D eigenvalue weighted by atomic mass is 10.0. The van der Waals surface area contributed by atoms with Gasteiger partial charge in [0, 0.05) is 32.5 Å². The van der Waals surface area contributed by atoms with Crippen molar-refractivity contribution in [3.8, 4) is 0 Å². The molecule has 2 amide bonds. The van der Waals surface area contributed by atoms with Crippen molar-refractivity contribution in [3.63, 3.8) is 0 Å². The van der Waals surface area contributed by atoms with E-state index >= 15 is 0 Å². The number of halogens is 3. The first kappa shape index (κ1) is 32.7. The number of hydrogen-bond acceptors (Lipinski definition) is 4. The maximum Gasteiger partial charge on any atom is 0.416 e. The Kier molecular flexibility index (Phi) is 11.6. The Labute approximate surface area is 245 Å². The van der Waals surface area contributed by atoms with E-state index in [1.165, 1.54) is 11.0 Å². The molecule has 0 aromatic heterocycles. The summed E-state index contributed by atoms with van der Waals surface area (Å²) in [6, 6.07) is 21.8. The molecule has 0 fully saturated rings. The van der Waals surface area contributed by atoms with Crippen LogP contribution in [0.5, 0.6) is 0 Å². The highest BCUT2D eigenvalue weighted by Gasteiger charge is 2.32. The highest BCUT2D eigenvalue weighted by Crippen LogP contribution is 2.32. The number of sulfonamides is 1. The predicted octanol–water partition coefficient (Wildman–Crippen LogP) is 5.42. The number of amides is 2. The first-order valence-corrected chi connectivity index (χ1v) is 15.5. The second-order valence-electron chi connectivity index (χ2n) is 9.99. The molecule has 3 rings (SSSR count).